The van der Waals surface area contributed by atoms with Crippen molar-refractivity contribution in [1.82, 2.24) is 4.31 Å². The van der Waals surface area contributed by atoms with Crippen LogP contribution in [0.1, 0.15) is 16.7 Å². The van der Waals surface area contributed by atoms with Crippen LogP contribution < -0.4 is 5.32 Å². The van der Waals surface area contributed by atoms with Gasteiger partial charge in [-0.15, -0.1) is 0 Å². The van der Waals surface area contributed by atoms with Gasteiger partial charge in [0.25, 0.3) is 0 Å². The first-order chi connectivity index (χ1) is 14.6. The molecule has 0 bridgehead atoms. The van der Waals surface area contributed by atoms with E-state index in [9.17, 15) is 13.2 Å². The molecule has 0 saturated carbocycles. The number of sulfonamides is 1. The number of benzene rings is 3. The average molecular weight is 477 g/mol. The standard InChI is InChI=1S/C23H22Cl2N2O3S/c1-16-11-17(2)13-21(12-16)26-23(28)15-27(14-18-3-5-19(24)6-4-18)31(29,30)22-9-7-20(25)8-10-22/h3-13H,14-15H2,1-2H3,(H,26,28). The van der Waals surface area contributed by atoms with Gasteiger partial charge in [-0.05, 0) is 79.1 Å². The first-order valence-electron chi connectivity index (χ1n) is 9.52. The van der Waals surface area contributed by atoms with Crippen LogP contribution in [0, 0.1) is 13.8 Å². The lowest BCUT2D eigenvalue weighted by atomic mass is 10.1. The van der Waals surface area contributed by atoms with Crippen LogP contribution in [0.3, 0.4) is 0 Å². The number of anilines is 1. The van der Waals surface area contributed by atoms with Crippen molar-refractivity contribution in [2.75, 3.05) is 11.9 Å². The Balaban J connectivity index is 1.88. The fourth-order valence-corrected chi connectivity index (χ4v) is 4.82. The predicted molar refractivity (Wildman–Crippen MR) is 125 cm³/mol. The van der Waals surface area contributed by atoms with E-state index in [1.54, 1.807) is 24.3 Å². The number of nitrogens with one attached hydrogen (secondary N) is 1. The first-order valence-corrected chi connectivity index (χ1v) is 11.7. The zero-order valence-corrected chi connectivity index (χ0v) is 19.4. The molecule has 3 aromatic rings. The maximum atomic E-state index is 13.3. The third kappa shape index (κ3) is 6.31. The summed E-state index contributed by atoms with van der Waals surface area (Å²) in [6.07, 6.45) is 0. The zero-order chi connectivity index (χ0) is 22.6. The Morgan fingerprint density at radius 1 is 0.871 bits per heavy atom. The number of halogens is 2. The van der Waals surface area contributed by atoms with Crippen LogP contribution in [-0.2, 0) is 21.4 Å². The Morgan fingerprint density at radius 3 is 1.94 bits per heavy atom. The summed E-state index contributed by atoms with van der Waals surface area (Å²) in [5.74, 6) is -0.434. The molecule has 0 heterocycles. The van der Waals surface area contributed by atoms with Gasteiger partial charge in [0.2, 0.25) is 15.9 Å². The molecular formula is C23H22Cl2N2O3S. The molecule has 0 atom stereocenters. The van der Waals surface area contributed by atoms with Gasteiger partial charge in [-0.1, -0.05) is 41.4 Å². The molecule has 3 rings (SSSR count). The summed E-state index contributed by atoms with van der Waals surface area (Å²) in [5, 5.41) is 3.77. The van der Waals surface area contributed by atoms with Crippen LogP contribution in [0.2, 0.25) is 10.0 Å². The SMILES string of the molecule is Cc1cc(C)cc(NC(=O)CN(Cc2ccc(Cl)cc2)S(=O)(=O)c2ccc(Cl)cc2)c1. The average Bonchev–Trinajstić information content (AvgIpc) is 2.68. The van der Waals surface area contributed by atoms with Gasteiger partial charge in [-0.3, -0.25) is 4.79 Å². The van der Waals surface area contributed by atoms with Gasteiger partial charge in [-0.2, -0.15) is 4.31 Å². The van der Waals surface area contributed by atoms with Gasteiger partial charge >= 0.3 is 0 Å². The van der Waals surface area contributed by atoms with E-state index in [1.807, 2.05) is 32.0 Å². The second-order valence-corrected chi connectivity index (χ2v) is 10.1. The van der Waals surface area contributed by atoms with E-state index in [0.717, 1.165) is 15.4 Å². The summed E-state index contributed by atoms with van der Waals surface area (Å²) in [6.45, 7) is 3.53. The highest BCUT2D eigenvalue weighted by Gasteiger charge is 2.27. The maximum Gasteiger partial charge on any atom is 0.243 e. The van der Waals surface area contributed by atoms with Gasteiger partial charge in [0.15, 0.2) is 0 Å². The van der Waals surface area contributed by atoms with Crippen LogP contribution in [0.25, 0.3) is 0 Å². The van der Waals surface area contributed by atoms with Gasteiger partial charge < -0.3 is 5.32 Å². The van der Waals surface area contributed by atoms with Crippen molar-refractivity contribution in [1.29, 1.82) is 0 Å². The minimum Gasteiger partial charge on any atom is -0.325 e. The minimum absolute atomic E-state index is 0.0163. The molecular weight excluding hydrogens is 455 g/mol. The Bertz CT molecular complexity index is 1160. The predicted octanol–water partition coefficient (Wildman–Crippen LogP) is 5.44. The molecule has 3 aromatic carbocycles. The molecule has 0 saturated heterocycles. The van der Waals surface area contributed by atoms with Crippen LogP contribution in [-0.4, -0.2) is 25.2 Å². The molecule has 0 aromatic heterocycles. The number of hydrogen-bond donors (Lipinski definition) is 1. The zero-order valence-electron chi connectivity index (χ0n) is 17.1. The van der Waals surface area contributed by atoms with E-state index in [0.29, 0.717) is 21.3 Å². The number of carbonyl (C=O) groups excluding carboxylic acids is 1. The maximum absolute atomic E-state index is 13.3. The minimum atomic E-state index is -3.95. The van der Waals surface area contributed by atoms with E-state index in [4.69, 9.17) is 23.2 Å². The summed E-state index contributed by atoms with van der Waals surface area (Å²) in [4.78, 5) is 12.8. The Morgan fingerprint density at radius 2 is 1.39 bits per heavy atom. The summed E-state index contributed by atoms with van der Waals surface area (Å²) < 4.78 is 27.7. The molecule has 0 aliphatic carbocycles. The van der Waals surface area contributed by atoms with Crippen LogP contribution in [0.15, 0.2) is 71.6 Å². The lowest BCUT2D eigenvalue weighted by molar-refractivity contribution is -0.116. The Labute approximate surface area is 192 Å². The van der Waals surface area contributed by atoms with E-state index in [-0.39, 0.29) is 18.0 Å². The summed E-state index contributed by atoms with van der Waals surface area (Å²) in [7, 11) is -3.95. The van der Waals surface area contributed by atoms with Crippen LogP contribution >= 0.6 is 23.2 Å². The molecule has 0 radical (unpaired) electrons. The molecule has 5 nitrogen and oxygen atoms in total. The van der Waals surface area contributed by atoms with Crippen molar-refractivity contribution in [3.63, 3.8) is 0 Å². The normalized spacial score (nSPS) is 11.5. The van der Waals surface area contributed by atoms with Crippen molar-refractivity contribution in [2.24, 2.45) is 0 Å². The number of hydrogen-bond acceptors (Lipinski definition) is 3. The second kappa shape index (κ2) is 9.83. The summed E-state index contributed by atoms with van der Waals surface area (Å²) in [5.41, 5.74) is 3.34. The molecule has 8 heteroatoms. The van der Waals surface area contributed by atoms with E-state index >= 15 is 0 Å². The lowest BCUT2D eigenvalue weighted by Crippen LogP contribution is -2.37. The number of amides is 1. The Hall–Kier alpha value is -2.38. The summed E-state index contributed by atoms with van der Waals surface area (Å²) in [6, 6.07) is 18.3. The van der Waals surface area contributed by atoms with Gasteiger partial charge in [-0.25, -0.2) is 8.42 Å². The molecule has 0 spiro atoms. The molecule has 0 unspecified atom stereocenters. The number of aryl methyl sites for hydroxylation is 2. The van der Waals surface area contributed by atoms with Crippen molar-refractivity contribution < 1.29 is 13.2 Å². The number of nitrogens with zero attached hydrogens (tertiary/aromatic N) is 1. The molecule has 0 fully saturated rings. The third-order valence-electron chi connectivity index (χ3n) is 4.55. The summed E-state index contributed by atoms with van der Waals surface area (Å²) >= 11 is 11.8. The van der Waals surface area contributed by atoms with Crippen molar-refractivity contribution in [2.45, 2.75) is 25.3 Å². The van der Waals surface area contributed by atoms with Gasteiger partial charge in [0.1, 0.15) is 0 Å². The lowest BCUT2D eigenvalue weighted by Gasteiger charge is -2.22. The number of carbonyl (C=O) groups is 1. The van der Waals surface area contributed by atoms with E-state index in [2.05, 4.69) is 5.32 Å². The van der Waals surface area contributed by atoms with Gasteiger partial charge in [0.05, 0.1) is 11.4 Å². The smallest absolute Gasteiger partial charge is 0.243 e. The molecule has 162 valence electrons. The molecule has 31 heavy (non-hydrogen) atoms. The van der Waals surface area contributed by atoms with Crippen LogP contribution in [0.5, 0.6) is 0 Å². The number of rotatable bonds is 7. The first kappa shape index (κ1) is 23.3. The quantitative estimate of drug-likeness (QED) is 0.493. The Kier molecular flexibility index (Phi) is 7.38. The monoisotopic (exact) mass is 476 g/mol. The third-order valence-corrected chi connectivity index (χ3v) is 6.86. The van der Waals surface area contributed by atoms with Crippen molar-refractivity contribution in [3.8, 4) is 0 Å². The van der Waals surface area contributed by atoms with Crippen molar-refractivity contribution in [3.05, 3.63) is 93.5 Å². The van der Waals surface area contributed by atoms with E-state index in [1.165, 1.54) is 24.3 Å². The second-order valence-electron chi connectivity index (χ2n) is 7.28. The highest BCUT2D eigenvalue weighted by atomic mass is 35.5. The fourth-order valence-electron chi connectivity index (χ4n) is 3.18. The largest absolute Gasteiger partial charge is 0.325 e. The topological polar surface area (TPSA) is 66.5 Å². The highest BCUT2D eigenvalue weighted by molar-refractivity contribution is 7.89. The van der Waals surface area contributed by atoms with Gasteiger partial charge in [0, 0.05) is 22.3 Å². The van der Waals surface area contributed by atoms with Crippen LogP contribution in [0.4, 0.5) is 5.69 Å². The molecule has 0 aliphatic heterocycles. The fraction of sp³-hybridized carbons (Fsp3) is 0.174. The molecule has 0 aliphatic rings. The molecule has 1 N–H and O–H groups in total. The molecule has 1 amide bonds. The highest BCUT2D eigenvalue weighted by Crippen LogP contribution is 2.22. The van der Waals surface area contributed by atoms with E-state index < -0.39 is 15.9 Å². The van der Waals surface area contributed by atoms with Crippen molar-refractivity contribution >= 4 is 44.8 Å².